The van der Waals surface area contributed by atoms with Crippen molar-refractivity contribution in [3.8, 4) is 0 Å². The lowest BCUT2D eigenvalue weighted by molar-refractivity contribution is 0.210. The zero-order chi connectivity index (χ0) is 13.0. The Bertz CT molecular complexity index is 387. The topological polar surface area (TPSA) is 29.3 Å². The molecule has 0 aliphatic carbocycles. The van der Waals surface area contributed by atoms with Crippen molar-refractivity contribution in [3.63, 3.8) is 0 Å². The van der Waals surface area contributed by atoms with Crippen molar-refractivity contribution in [2.24, 2.45) is 5.73 Å². The zero-order valence-electron chi connectivity index (χ0n) is 10.5. The third-order valence-electron chi connectivity index (χ3n) is 3.65. The predicted octanol–water partition coefficient (Wildman–Crippen LogP) is 3.87. The van der Waals surface area contributed by atoms with E-state index in [0.29, 0.717) is 16.6 Å². The monoisotopic (exact) mass is 286 g/mol. The first-order chi connectivity index (χ1) is 8.74. The molecule has 0 amide bonds. The maximum Gasteiger partial charge on any atom is 0.0640 e. The van der Waals surface area contributed by atoms with Crippen LogP contribution in [0, 0.1) is 0 Å². The number of halogens is 2. The minimum absolute atomic E-state index is 0.189. The van der Waals surface area contributed by atoms with Gasteiger partial charge in [0.05, 0.1) is 10.0 Å². The van der Waals surface area contributed by atoms with Crippen LogP contribution in [-0.2, 0) is 0 Å². The SMILES string of the molecule is NCC(c1cccc(Cl)c1Cl)N1CCCCCC1. The summed E-state index contributed by atoms with van der Waals surface area (Å²) in [7, 11) is 0. The van der Waals surface area contributed by atoms with Gasteiger partial charge in [0.2, 0.25) is 0 Å². The van der Waals surface area contributed by atoms with Crippen molar-refractivity contribution in [1.29, 1.82) is 0 Å². The highest BCUT2D eigenvalue weighted by Crippen LogP contribution is 2.33. The third kappa shape index (κ3) is 3.18. The average molecular weight is 287 g/mol. The molecule has 0 spiro atoms. The van der Waals surface area contributed by atoms with Crippen molar-refractivity contribution in [3.05, 3.63) is 33.8 Å². The van der Waals surface area contributed by atoms with Crippen LogP contribution >= 0.6 is 23.2 Å². The summed E-state index contributed by atoms with van der Waals surface area (Å²) in [6.07, 6.45) is 5.12. The molecule has 0 saturated carbocycles. The molecule has 18 heavy (non-hydrogen) atoms. The molecule has 1 aromatic rings. The summed E-state index contributed by atoms with van der Waals surface area (Å²) in [5.41, 5.74) is 7.03. The maximum absolute atomic E-state index is 6.31. The van der Waals surface area contributed by atoms with Gasteiger partial charge < -0.3 is 5.73 Å². The Balaban J connectivity index is 2.23. The van der Waals surface area contributed by atoms with Crippen LogP contribution in [0.25, 0.3) is 0 Å². The van der Waals surface area contributed by atoms with E-state index in [0.717, 1.165) is 18.7 Å². The lowest BCUT2D eigenvalue weighted by atomic mass is 10.0. The molecule has 1 unspecified atom stereocenters. The lowest BCUT2D eigenvalue weighted by Gasteiger charge is -2.30. The van der Waals surface area contributed by atoms with E-state index in [1.54, 1.807) is 0 Å². The number of benzene rings is 1. The Morgan fingerprint density at radius 2 is 1.78 bits per heavy atom. The molecule has 1 fully saturated rings. The second kappa shape index (κ2) is 6.76. The Morgan fingerprint density at radius 1 is 1.11 bits per heavy atom. The van der Waals surface area contributed by atoms with Gasteiger partial charge in [0.15, 0.2) is 0 Å². The Labute approximate surface area is 119 Å². The molecule has 1 aliphatic rings. The molecule has 1 aromatic carbocycles. The van der Waals surface area contributed by atoms with E-state index in [2.05, 4.69) is 4.90 Å². The maximum atomic E-state index is 6.31. The summed E-state index contributed by atoms with van der Waals surface area (Å²) in [6.45, 7) is 2.79. The van der Waals surface area contributed by atoms with E-state index in [9.17, 15) is 0 Å². The highest BCUT2D eigenvalue weighted by molar-refractivity contribution is 6.42. The fourth-order valence-electron chi connectivity index (χ4n) is 2.66. The fraction of sp³-hybridized carbons (Fsp3) is 0.571. The molecule has 100 valence electrons. The van der Waals surface area contributed by atoms with Crippen LogP contribution in [0.1, 0.15) is 37.3 Å². The van der Waals surface area contributed by atoms with Crippen LogP contribution in [0.15, 0.2) is 18.2 Å². The second-order valence-corrected chi connectivity index (χ2v) is 5.63. The van der Waals surface area contributed by atoms with Crippen LogP contribution in [0.3, 0.4) is 0 Å². The molecular formula is C14H20Cl2N2. The van der Waals surface area contributed by atoms with Crippen molar-refractivity contribution in [2.45, 2.75) is 31.7 Å². The van der Waals surface area contributed by atoms with Gasteiger partial charge in [0, 0.05) is 12.6 Å². The summed E-state index contributed by atoms with van der Waals surface area (Å²) < 4.78 is 0. The first-order valence-corrected chi connectivity index (χ1v) is 7.37. The molecule has 2 N–H and O–H groups in total. The molecule has 0 bridgehead atoms. The van der Waals surface area contributed by atoms with Crippen LogP contribution < -0.4 is 5.73 Å². The molecule has 2 nitrogen and oxygen atoms in total. The first kappa shape index (κ1) is 14.1. The van der Waals surface area contributed by atoms with E-state index in [4.69, 9.17) is 28.9 Å². The summed E-state index contributed by atoms with van der Waals surface area (Å²) in [6, 6.07) is 6.00. The van der Waals surface area contributed by atoms with Gasteiger partial charge in [-0.15, -0.1) is 0 Å². The minimum atomic E-state index is 0.189. The smallest absolute Gasteiger partial charge is 0.0640 e. The quantitative estimate of drug-likeness (QED) is 0.914. The minimum Gasteiger partial charge on any atom is -0.329 e. The van der Waals surface area contributed by atoms with Crippen molar-refractivity contribution >= 4 is 23.2 Å². The van der Waals surface area contributed by atoms with Gasteiger partial charge in [-0.3, -0.25) is 4.90 Å². The number of hydrogen-bond donors (Lipinski definition) is 1. The molecular weight excluding hydrogens is 267 g/mol. The van der Waals surface area contributed by atoms with Crippen LogP contribution in [0.5, 0.6) is 0 Å². The molecule has 1 atom stereocenters. The van der Waals surface area contributed by atoms with Crippen molar-refractivity contribution in [1.82, 2.24) is 4.90 Å². The highest BCUT2D eigenvalue weighted by Gasteiger charge is 2.22. The average Bonchev–Trinajstić information content (AvgIpc) is 2.64. The molecule has 1 saturated heterocycles. The van der Waals surface area contributed by atoms with Crippen molar-refractivity contribution < 1.29 is 0 Å². The fourth-order valence-corrected chi connectivity index (χ4v) is 3.09. The van der Waals surface area contributed by atoms with E-state index in [1.807, 2.05) is 18.2 Å². The summed E-state index contributed by atoms with van der Waals surface area (Å²) in [4.78, 5) is 2.45. The van der Waals surface area contributed by atoms with Gasteiger partial charge in [-0.2, -0.15) is 0 Å². The van der Waals surface area contributed by atoms with E-state index < -0.39 is 0 Å². The normalized spacial score (nSPS) is 19.5. The van der Waals surface area contributed by atoms with Gasteiger partial charge in [-0.25, -0.2) is 0 Å². The highest BCUT2D eigenvalue weighted by atomic mass is 35.5. The third-order valence-corrected chi connectivity index (χ3v) is 4.48. The largest absolute Gasteiger partial charge is 0.329 e. The van der Waals surface area contributed by atoms with E-state index in [-0.39, 0.29) is 6.04 Å². The van der Waals surface area contributed by atoms with Gasteiger partial charge in [-0.1, -0.05) is 48.2 Å². The van der Waals surface area contributed by atoms with Gasteiger partial charge in [0.25, 0.3) is 0 Å². The summed E-state index contributed by atoms with van der Waals surface area (Å²) in [5.74, 6) is 0. The number of nitrogens with two attached hydrogens (primary N) is 1. The predicted molar refractivity (Wildman–Crippen MR) is 78.3 cm³/mol. The first-order valence-electron chi connectivity index (χ1n) is 6.62. The molecule has 4 heteroatoms. The number of hydrogen-bond acceptors (Lipinski definition) is 2. The van der Waals surface area contributed by atoms with Gasteiger partial charge >= 0.3 is 0 Å². The van der Waals surface area contributed by atoms with E-state index >= 15 is 0 Å². The molecule has 0 radical (unpaired) electrons. The Morgan fingerprint density at radius 3 is 2.39 bits per heavy atom. The molecule has 2 rings (SSSR count). The van der Waals surface area contributed by atoms with Crippen molar-refractivity contribution in [2.75, 3.05) is 19.6 Å². The summed E-state index contributed by atoms with van der Waals surface area (Å²) in [5, 5.41) is 1.27. The van der Waals surface area contributed by atoms with Gasteiger partial charge in [-0.05, 0) is 37.6 Å². The van der Waals surface area contributed by atoms with Gasteiger partial charge in [0.1, 0.15) is 0 Å². The second-order valence-electron chi connectivity index (χ2n) is 4.84. The Kier molecular flexibility index (Phi) is 5.31. The molecule has 0 aromatic heterocycles. The number of nitrogens with zero attached hydrogens (tertiary/aromatic N) is 1. The molecule has 1 aliphatic heterocycles. The number of rotatable bonds is 3. The van der Waals surface area contributed by atoms with Crippen LogP contribution in [0.2, 0.25) is 10.0 Å². The van der Waals surface area contributed by atoms with Crippen LogP contribution in [0.4, 0.5) is 0 Å². The number of likely N-dealkylation sites (tertiary alicyclic amines) is 1. The van der Waals surface area contributed by atoms with Crippen LogP contribution in [-0.4, -0.2) is 24.5 Å². The zero-order valence-corrected chi connectivity index (χ0v) is 12.1. The van der Waals surface area contributed by atoms with E-state index in [1.165, 1.54) is 25.7 Å². The molecule has 1 heterocycles. The lowest BCUT2D eigenvalue weighted by Crippen LogP contribution is -2.34. The summed E-state index contributed by atoms with van der Waals surface area (Å²) >= 11 is 12.4. The Hall–Kier alpha value is -0.280. The standard InChI is InChI=1S/C14H20Cl2N2/c15-12-7-5-6-11(14(12)16)13(10-17)18-8-3-1-2-4-9-18/h5-7,13H,1-4,8-10,17H2.